The Morgan fingerprint density at radius 3 is 1.87 bits per heavy atom. The predicted octanol–water partition coefficient (Wildman–Crippen LogP) is 9.76. The first-order valence-corrected chi connectivity index (χ1v) is 27.9. The molecule has 3 aromatic rings. The Morgan fingerprint density at radius 2 is 1.33 bits per heavy atom. The molecule has 2 N–H and O–H groups in total. The number of H-pyrrole nitrogens is 1. The highest BCUT2D eigenvalue weighted by molar-refractivity contribution is 6.75. The van der Waals surface area contributed by atoms with Gasteiger partial charge in [-0.15, -0.1) is 0 Å². The highest BCUT2D eigenvalue weighted by Gasteiger charge is 2.55. The molecule has 0 aliphatic carbocycles. The molecule has 4 rings (SSSR count). The Balaban J connectivity index is 1.83. The maximum Gasteiger partial charge on any atom is 0.330 e. The van der Waals surface area contributed by atoms with Crippen molar-refractivity contribution in [1.82, 2.24) is 9.55 Å². The van der Waals surface area contributed by atoms with Gasteiger partial charge in [-0.1, -0.05) is 86.0 Å². The Morgan fingerprint density at radius 1 is 0.796 bits per heavy atom. The van der Waals surface area contributed by atoms with Gasteiger partial charge < -0.3 is 27.9 Å². The van der Waals surface area contributed by atoms with Gasteiger partial charge in [0.05, 0.1) is 12.2 Å². The highest BCUT2D eigenvalue weighted by atomic mass is 35.5. The lowest BCUT2D eigenvalue weighted by Crippen LogP contribution is -2.55. The van der Waals surface area contributed by atoms with E-state index in [-0.39, 0.29) is 27.3 Å². The summed E-state index contributed by atoms with van der Waals surface area (Å²) >= 11 is 6.04. The third kappa shape index (κ3) is 9.96. The van der Waals surface area contributed by atoms with Gasteiger partial charge >= 0.3 is 5.69 Å². The van der Waals surface area contributed by atoms with Crippen LogP contribution in [0.3, 0.4) is 0 Å². The van der Waals surface area contributed by atoms with Gasteiger partial charge in [-0.3, -0.25) is 14.3 Å². The van der Waals surface area contributed by atoms with E-state index in [4.69, 9.17) is 34.4 Å². The number of benzene rings is 2. The van der Waals surface area contributed by atoms with Crippen LogP contribution in [0.2, 0.25) is 59.4 Å². The SMILES string of the molecule is CC(C)(C)[Si](C)(C)OC[C@H]1O[C@@H](n2cc(C(O)c3cccc(Oc4ccc(Cl)cc4)c3)c(=O)[nH]c2=O)[C@H](O[Si](C)(C)C(C)(C)C)[C@@H]1O[Si](C)(C)C(C)(C)C. The van der Waals surface area contributed by atoms with E-state index in [1.165, 1.54) is 10.8 Å². The van der Waals surface area contributed by atoms with Crippen molar-refractivity contribution in [3.8, 4) is 11.5 Å². The van der Waals surface area contributed by atoms with Crippen molar-refractivity contribution in [2.45, 2.75) is 147 Å². The van der Waals surface area contributed by atoms with Crippen molar-refractivity contribution in [3.05, 3.63) is 91.7 Å². The number of nitrogens with one attached hydrogen (secondary N) is 1. The number of aliphatic hydroxyl groups excluding tert-OH is 1. The van der Waals surface area contributed by atoms with Crippen LogP contribution in [0.5, 0.6) is 11.5 Å². The molecule has 300 valence electrons. The monoisotopic (exact) mass is 818 g/mol. The lowest BCUT2D eigenvalue weighted by molar-refractivity contribution is -0.0513. The van der Waals surface area contributed by atoms with Crippen LogP contribution in [0, 0.1) is 0 Å². The summed E-state index contributed by atoms with van der Waals surface area (Å²) in [6.45, 7) is 33.0. The molecule has 2 heterocycles. The van der Waals surface area contributed by atoms with Crippen LogP contribution >= 0.6 is 11.6 Å². The summed E-state index contributed by atoms with van der Waals surface area (Å²) in [6.07, 6.45) is -2.88. The Kier molecular flexibility index (Phi) is 13.1. The van der Waals surface area contributed by atoms with Crippen LogP contribution in [0.1, 0.15) is 85.8 Å². The first-order valence-electron chi connectivity index (χ1n) is 18.8. The summed E-state index contributed by atoms with van der Waals surface area (Å²) in [5, 5.41) is 11.9. The number of nitrogens with zero attached hydrogens (tertiary/aromatic N) is 1. The third-order valence-corrected chi connectivity index (χ3v) is 25.7. The van der Waals surface area contributed by atoms with Crippen LogP contribution in [0.25, 0.3) is 0 Å². The molecule has 1 aliphatic rings. The van der Waals surface area contributed by atoms with E-state index < -0.39 is 66.8 Å². The van der Waals surface area contributed by atoms with E-state index in [1.807, 2.05) is 0 Å². The molecule has 0 radical (unpaired) electrons. The zero-order chi connectivity index (χ0) is 40.8. The van der Waals surface area contributed by atoms with Crippen molar-refractivity contribution in [1.29, 1.82) is 0 Å². The molecular formula is C40H63ClN2O8Si3. The van der Waals surface area contributed by atoms with Crippen LogP contribution in [0.15, 0.2) is 64.3 Å². The average molecular weight is 820 g/mol. The quantitative estimate of drug-likeness (QED) is 0.173. The number of hydrogen-bond acceptors (Lipinski definition) is 8. The molecule has 1 aromatic heterocycles. The summed E-state index contributed by atoms with van der Waals surface area (Å²) in [5.74, 6) is 1.01. The van der Waals surface area contributed by atoms with Gasteiger partial charge in [-0.25, -0.2) is 4.79 Å². The lowest BCUT2D eigenvalue weighted by Gasteiger charge is -2.44. The molecule has 1 unspecified atom stereocenters. The number of hydrogen-bond donors (Lipinski definition) is 2. The molecule has 0 amide bonds. The van der Waals surface area contributed by atoms with Crippen molar-refractivity contribution >= 4 is 36.6 Å². The van der Waals surface area contributed by atoms with Crippen LogP contribution in [0.4, 0.5) is 0 Å². The number of halogens is 1. The van der Waals surface area contributed by atoms with Crippen molar-refractivity contribution in [3.63, 3.8) is 0 Å². The maximum absolute atomic E-state index is 13.8. The third-order valence-electron chi connectivity index (χ3n) is 12.0. The van der Waals surface area contributed by atoms with Crippen LogP contribution in [-0.4, -0.2) is 64.5 Å². The van der Waals surface area contributed by atoms with E-state index in [9.17, 15) is 14.7 Å². The normalized spacial score (nSPS) is 21.0. The number of rotatable bonds is 12. The molecule has 54 heavy (non-hydrogen) atoms. The van der Waals surface area contributed by atoms with Crippen molar-refractivity contribution in [2.75, 3.05) is 6.61 Å². The fraction of sp³-hybridized carbons (Fsp3) is 0.600. The molecule has 0 spiro atoms. The molecule has 0 saturated carbocycles. The van der Waals surface area contributed by atoms with Crippen LogP contribution < -0.4 is 16.0 Å². The maximum atomic E-state index is 13.8. The highest BCUT2D eigenvalue weighted by Crippen LogP contribution is 2.46. The summed E-state index contributed by atoms with van der Waals surface area (Å²) in [5.41, 5.74) is -1.02. The second-order valence-corrected chi connectivity index (χ2v) is 33.9. The topological polar surface area (TPSA) is 121 Å². The number of aliphatic hydroxyl groups is 1. The first-order chi connectivity index (χ1) is 24.5. The minimum Gasteiger partial charge on any atom is -0.457 e. The second-order valence-electron chi connectivity index (χ2n) is 19.1. The Hall–Kier alpha value is -2.34. The van der Waals surface area contributed by atoms with Gasteiger partial charge in [0, 0.05) is 11.2 Å². The summed E-state index contributed by atoms with van der Waals surface area (Å²) in [7, 11) is -7.19. The fourth-order valence-corrected chi connectivity index (χ4v) is 9.07. The minimum atomic E-state index is -2.52. The average Bonchev–Trinajstić information content (AvgIpc) is 3.34. The van der Waals surface area contributed by atoms with E-state index in [1.54, 1.807) is 48.5 Å². The molecule has 2 aromatic carbocycles. The number of ether oxygens (including phenoxy) is 2. The Labute approximate surface area is 329 Å². The van der Waals surface area contributed by atoms with Gasteiger partial charge in [0.15, 0.2) is 31.2 Å². The number of aromatic nitrogens is 2. The molecular weight excluding hydrogens is 756 g/mol. The molecule has 10 nitrogen and oxygen atoms in total. The van der Waals surface area contributed by atoms with Gasteiger partial charge in [-0.2, -0.15) is 0 Å². The van der Waals surface area contributed by atoms with Crippen molar-refractivity contribution < 1.29 is 27.9 Å². The lowest BCUT2D eigenvalue weighted by atomic mass is 10.0. The largest absolute Gasteiger partial charge is 0.457 e. The second kappa shape index (κ2) is 15.9. The van der Waals surface area contributed by atoms with Gasteiger partial charge in [-0.05, 0) is 96.4 Å². The van der Waals surface area contributed by atoms with Gasteiger partial charge in [0.25, 0.3) is 5.56 Å². The standard InChI is InChI=1S/C40H63ClN2O8Si3/c1-38(2,3)52(10,11)47-25-31-33(50-53(12,13)39(4,5)6)34(51-54(14,15)40(7,8)9)36(49-31)43-24-30(35(45)42-37(43)46)32(44)26-17-16-18-29(23-26)48-28-21-19-27(41)20-22-28/h16-24,31-34,36,44H,25H2,1-15H3,(H,42,45,46)/t31-,32?,33-,34-,36-/m1/s1. The first kappa shape index (κ1) is 44.4. The van der Waals surface area contributed by atoms with Gasteiger partial charge in [0.2, 0.25) is 0 Å². The van der Waals surface area contributed by atoms with Gasteiger partial charge in [0.1, 0.15) is 35.9 Å². The van der Waals surface area contributed by atoms with Crippen LogP contribution in [-0.2, 0) is 18.0 Å². The van der Waals surface area contributed by atoms with E-state index in [0.717, 1.165) is 0 Å². The fourth-order valence-electron chi connectivity index (χ4n) is 5.33. The predicted molar refractivity (Wildman–Crippen MR) is 225 cm³/mol. The molecule has 14 heteroatoms. The van der Waals surface area contributed by atoms with Crippen molar-refractivity contribution in [2.24, 2.45) is 0 Å². The zero-order valence-corrected chi connectivity index (χ0v) is 38.7. The smallest absolute Gasteiger partial charge is 0.330 e. The molecule has 0 bridgehead atoms. The van der Waals surface area contributed by atoms with E-state index in [2.05, 4.69) is 107 Å². The molecule has 1 aliphatic heterocycles. The summed E-state index contributed by atoms with van der Waals surface area (Å²) in [4.78, 5) is 29.7. The van der Waals surface area contributed by atoms with E-state index >= 15 is 0 Å². The molecule has 1 fully saturated rings. The number of aromatic amines is 1. The summed E-state index contributed by atoms with van der Waals surface area (Å²) < 4.78 is 35.4. The minimum absolute atomic E-state index is 0.0317. The van der Waals surface area contributed by atoms with E-state index in [0.29, 0.717) is 22.1 Å². The molecule has 1 saturated heterocycles. The molecule has 5 atom stereocenters. The Bertz CT molecular complexity index is 1870. The summed E-state index contributed by atoms with van der Waals surface area (Å²) in [6, 6.07) is 13.7. The zero-order valence-electron chi connectivity index (χ0n) is 34.9.